The van der Waals surface area contributed by atoms with Crippen LogP contribution in [0.3, 0.4) is 0 Å². The van der Waals surface area contributed by atoms with Gasteiger partial charge in [-0.2, -0.15) is 0 Å². The average molecular weight is 763 g/mol. The number of nitrogens with zero attached hydrogens (tertiary/aromatic N) is 2. The second-order valence-corrected chi connectivity index (χ2v) is 12.3. The molecule has 7 aromatic rings. The van der Waals surface area contributed by atoms with Crippen molar-refractivity contribution in [3.05, 3.63) is 145 Å². The van der Waals surface area contributed by atoms with Crippen molar-refractivity contribution in [2.45, 2.75) is 40.5 Å². The standard InChI is InChI=1S/C27H28N.C15H10N.Ir/c1-18(2)13-20-15-21(14-19(3)4)17-23(16-20)27-26-10-9-22-7-5-6-8-24(22)25(26)11-12-28-27;1-2-6-12(7-3-1)15-11-10-13-8-4-5-9-14(13)16-15;/h5-12,15-16,18-19H,13-14H2,1-4H3;1-6,8-11H;/q2*-1;. The minimum atomic E-state index is 0. The first-order valence-corrected chi connectivity index (χ1v) is 15.6. The van der Waals surface area contributed by atoms with E-state index in [1.165, 1.54) is 38.1 Å². The van der Waals surface area contributed by atoms with E-state index in [0.717, 1.165) is 40.9 Å². The van der Waals surface area contributed by atoms with Crippen LogP contribution < -0.4 is 0 Å². The molecule has 7 rings (SSSR count). The predicted molar refractivity (Wildman–Crippen MR) is 187 cm³/mol. The van der Waals surface area contributed by atoms with Crippen molar-refractivity contribution in [2.24, 2.45) is 11.8 Å². The number of fused-ring (bicyclic) bond motifs is 4. The Hall–Kier alpha value is -4.17. The summed E-state index contributed by atoms with van der Waals surface area (Å²) in [6.07, 6.45) is 4.07. The van der Waals surface area contributed by atoms with E-state index < -0.39 is 0 Å². The van der Waals surface area contributed by atoms with Gasteiger partial charge in [-0.05, 0) is 75.1 Å². The van der Waals surface area contributed by atoms with Gasteiger partial charge in [0.2, 0.25) is 0 Å². The van der Waals surface area contributed by atoms with Gasteiger partial charge in [0.05, 0.1) is 5.52 Å². The number of benzene rings is 5. The normalized spacial score (nSPS) is 11.1. The van der Waals surface area contributed by atoms with Crippen molar-refractivity contribution in [1.29, 1.82) is 0 Å². The molecule has 0 atom stereocenters. The number of hydrogen-bond donors (Lipinski definition) is 0. The summed E-state index contributed by atoms with van der Waals surface area (Å²) in [5.41, 5.74) is 7.88. The van der Waals surface area contributed by atoms with E-state index in [2.05, 4.69) is 112 Å². The zero-order valence-corrected chi connectivity index (χ0v) is 28.7. The Bertz CT molecular complexity index is 2000. The van der Waals surface area contributed by atoms with Crippen molar-refractivity contribution in [1.82, 2.24) is 9.97 Å². The Morgan fingerprint density at radius 2 is 1.36 bits per heavy atom. The molecule has 0 saturated heterocycles. The summed E-state index contributed by atoms with van der Waals surface area (Å²) in [5.74, 6) is 1.24. The molecule has 0 fully saturated rings. The SMILES string of the molecule is CC(C)Cc1[c-]c(-c2nccc3c2ccc2ccccc23)cc(CC(C)C)c1.[Ir].[c-]1ccccc1-c1ccc2ccccc2n1. The van der Waals surface area contributed by atoms with Gasteiger partial charge in [0.25, 0.3) is 0 Å². The number of para-hydroxylation sites is 1. The molecule has 0 unspecified atom stereocenters. The van der Waals surface area contributed by atoms with Crippen LogP contribution in [0, 0.1) is 24.0 Å². The molecule has 45 heavy (non-hydrogen) atoms. The second-order valence-electron chi connectivity index (χ2n) is 12.3. The molecule has 0 N–H and O–H groups in total. The van der Waals surface area contributed by atoms with E-state index in [0.29, 0.717) is 11.8 Å². The fraction of sp³-hybridized carbons (Fsp3) is 0.190. The van der Waals surface area contributed by atoms with E-state index in [-0.39, 0.29) is 20.1 Å². The molecule has 0 amide bonds. The van der Waals surface area contributed by atoms with Crippen molar-refractivity contribution in [3.63, 3.8) is 0 Å². The van der Waals surface area contributed by atoms with Crippen molar-refractivity contribution in [2.75, 3.05) is 0 Å². The predicted octanol–water partition coefficient (Wildman–Crippen LogP) is 11.0. The van der Waals surface area contributed by atoms with Crippen LogP contribution in [0.4, 0.5) is 0 Å². The van der Waals surface area contributed by atoms with E-state index in [1.54, 1.807) is 0 Å². The van der Waals surface area contributed by atoms with Crippen LogP contribution >= 0.6 is 0 Å². The Labute approximate surface area is 280 Å². The van der Waals surface area contributed by atoms with Crippen molar-refractivity contribution < 1.29 is 20.1 Å². The number of aromatic nitrogens is 2. The zero-order chi connectivity index (χ0) is 30.5. The van der Waals surface area contributed by atoms with Gasteiger partial charge in [-0.1, -0.05) is 94.4 Å². The number of rotatable bonds is 6. The Balaban J connectivity index is 0.000000200. The van der Waals surface area contributed by atoms with Gasteiger partial charge in [-0.25, -0.2) is 0 Å². The van der Waals surface area contributed by atoms with Gasteiger partial charge < -0.3 is 4.98 Å². The minimum Gasteiger partial charge on any atom is -0.304 e. The molecule has 0 aliphatic carbocycles. The molecule has 2 aromatic heterocycles. The third-order valence-electron chi connectivity index (χ3n) is 7.77. The molecular formula is C42H38IrN2-2. The number of pyridine rings is 2. The first kappa shape index (κ1) is 32.2. The van der Waals surface area contributed by atoms with Crippen LogP contribution in [0.15, 0.2) is 121 Å². The molecule has 5 aromatic carbocycles. The van der Waals surface area contributed by atoms with Gasteiger partial charge in [0, 0.05) is 26.3 Å². The minimum absolute atomic E-state index is 0. The van der Waals surface area contributed by atoms with E-state index in [4.69, 9.17) is 4.98 Å². The maximum atomic E-state index is 4.79. The summed E-state index contributed by atoms with van der Waals surface area (Å²) in [6.45, 7) is 9.09. The topological polar surface area (TPSA) is 25.8 Å². The molecule has 2 heterocycles. The smallest absolute Gasteiger partial charge is 0.0595 e. The van der Waals surface area contributed by atoms with Crippen LogP contribution in [0.1, 0.15) is 38.8 Å². The Morgan fingerprint density at radius 3 is 2.13 bits per heavy atom. The second kappa shape index (κ2) is 14.7. The van der Waals surface area contributed by atoms with Crippen molar-refractivity contribution >= 4 is 32.4 Å². The fourth-order valence-corrected chi connectivity index (χ4v) is 5.88. The Kier molecular flexibility index (Phi) is 10.6. The van der Waals surface area contributed by atoms with Crippen LogP contribution in [0.2, 0.25) is 0 Å². The zero-order valence-electron chi connectivity index (χ0n) is 26.3. The molecule has 3 heteroatoms. The quantitative estimate of drug-likeness (QED) is 0.125. The summed E-state index contributed by atoms with van der Waals surface area (Å²) < 4.78 is 0. The average Bonchev–Trinajstić information content (AvgIpc) is 3.04. The largest absolute Gasteiger partial charge is 0.304 e. The summed E-state index contributed by atoms with van der Waals surface area (Å²) >= 11 is 0. The maximum absolute atomic E-state index is 4.79. The van der Waals surface area contributed by atoms with Gasteiger partial charge in [0.15, 0.2) is 0 Å². The molecule has 2 nitrogen and oxygen atoms in total. The van der Waals surface area contributed by atoms with Crippen LogP contribution in [0.25, 0.3) is 55.0 Å². The van der Waals surface area contributed by atoms with E-state index in [1.807, 2.05) is 54.7 Å². The number of hydrogen-bond acceptors (Lipinski definition) is 2. The summed E-state index contributed by atoms with van der Waals surface area (Å²) in [7, 11) is 0. The van der Waals surface area contributed by atoms with E-state index in [9.17, 15) is 0 Å². The molecule has 1 radical (unpaired) electrons. The van der Waals surface area contributed by atoms with Gasteiger partial charge in [-0.3, -0.25) is 4.98 Å². The van der Waals surface area contributed by atoms with Crippen LogP contribution in [-0.4, -0.2) is 9.97 Å². The van der Waals surface area contributed by atoms with Crippen molar-refractivity contribution in [3.8, 4) is 22.5 Å². The van der Waals surface area contributed by atoms with E-state index >= 15 is 0 Å². The molecule has 0 spiro atoms. The third kappa shape index (κ3) is 7.74. The Morgan fingerprint density at radius 1 is 0.622 bits per heavy atom. The summed E-state index contributed by atoms with van der Waals surface area (Å²) in [5, 5.41) is 6.18. The third-order valence-corrected chi connectivity index (χ3v) is 7.77. The van der Waals surface area contributed by atoms with Crippen LogP contribution in [-0.2, 0) is 32.9 Å². The monoisotopic (exact) mass is 763 g/mol. The molecular weight excluding hydrogens is 725 g/mol. The fourth-order valence-electron chi connectivity index (χ4n) is 5.88. The summed E-state index contributed by atoms with van der Waals surface area (Å²) in [4.78, 5) is 9.41. The molecule has 0 bridgehead atoms. The summed E-state index contributed by atoms with van der Waals surface area (Å²) in [6, 6.07) is 46.8. The molecule has 227 valence electrons. The van der Waals surface area contributed by atoms with Crippen LogP contribution in [0.5, 0.6) is 0 Å². The van der Waals surface area contributed by atoms with Gasteiger partial charge in [-0.15, -0.1) is 70.8 Å². The van der Waals surface area contributed by atoms with Gasteiger partial charge in [0.1, 0.15) is 0 Å². The first-order chi connectivity index (χ1) is 21.4. The maximum Gasteiger partial charge on any atom is 0.0595 e. The molecule has 0 saturated carbocycles. The first-order valence-electron chi connectivity index (χ1n) is 15.6. The van der Waals surface area contributed by atoms with Gasteiger partial charge >= 0.3 is 0 Å². The molecule has 0 aliphatic heterocycles. The molecule has 0 aliphatic rings.